The van der Waals surface area contributed by atoms with Crippen LogP contribution < -0.4 is 9.62 Å². The van der Waals surface area contributed by atoms with Gasteiger partial charge in [0, 0.05) is 21.9 Å². The minimum atomic E-state index is -3.76. The van der Waals surface area contributed by atoms with E-state index in [2.05, 4.69) is 14.9 Å². The van der Waals surface area contributed by atoms with E-state index < -0.39 is 16.1 Å². The Hall–Kier alpha value is -3.47. The molecule has 37 heavy (non-hydrogen) atoms. The van der Waals surface area contributed by atoms with Gasteiger partial charge in [-0.05, 0) is 62.7 Å². The smallest absolute Gasteiger partial charge is 0.259 e. The third-order valence-corrected chi connectivity index (χ3v) is 8.69. The Morgan fingerprint density at radius 3 is 2.57 bits per heavy atom. The molecular formula is C27H26N4O4S2. The summed E-state index contributed by atoms with van der Waals surface area (Å²) in [6, 6.07) is 19.1. The monoisotopic (exact) mass is 534 g/mol. The summed E-state index contributed by atoms with van der Waals surface area (Å²) in [5.41, 5.74) is 3.19. The van der Waals surface area contributed by atoms with Crippen molar-refractivity contribution < 1.29 is 17.7 Å². The molecule has 5 rings (SSSR count). The second kappa shape index (κ2) is 10.1. The summed E-state index contributed by atoms with van der Waals surface area (Å²) >= 11 is 1.52. The molecule has 1 aliphatic rings. The number of aromatic nitrogens is 2. The van der Waals surface area contributed by atoms with Crippen LogP contribution in [0.2, 0.25) is 0 Å². The topological polar surface area (TPSA) is 105 Å². The van der Waals surface area contributed by atoms with Gasteiger partial charge in [0.1, 0.15) is 0 Å². The number of aryl methyl sites for hydroxylation is 1. The number of benzene rings is 3. The minimum Gasteiger partial charge on any atom is -0.337 e. The number of amides is 1. The van der Waals surface area contributed by atoms with Crippen LogP contribution in [0.15, 0.2) is 85.9 Å². The number of nitrogens with zero attached hydrogens (tertiary/aromatic N) is 3. The first-order valence-electron chi connectivity index (χ1n) is 11.9. The Balaban J connectivity index is 1.43. The molecule has 0 aliphatic carbocycles. The molecule has 0 saturated heterocycles. The first-order valence-corrected chi connectivity index (χ1v) is 14.2. The van der Waals surface area contributed by atoms with E-state index in [4.69, 9.17) is 4.52 Å². The van der Waals surface area contributed by atoms with Crippen molar-refractivity contribution in [3.05, 3.63) is 83.7 Å². The zero-order chi connectivity index (χ0) is 26.2. The third-order valence-electron chi connectivity index (χ3n) is 6.01. The standard InChI is InChI=1S/C27H26N4O4S2/c1-4-15-31-22-14-11-19(16-24(22)36-23-8-6-5-7-21(23)27(31)32)25-28-26(35-29-25)18(3)30-37(33,34)20-12-9-17(2)10-13-20/h5-14,16,18,30H,4,15H2,1-3H3/t18-/m0/s1. The van der Waals surface area contributed by atoms with Gasteiger partial charge in [-0.15, -0.1) is 0 Å². The van der Waals surface area contributed by atoms with E-state index in [1.807, 2.05) is 61.2 Å². The Kier molecular flexibility index (Phi) is 6.89. The molecule has 1 amide bonds. The summed E-state index contributed by atoms with van der Waals surface area (Å²) in [6.45, 7) is 6.19. The number of anilines is 1. The van der Waals surface area contributed by atoms with Crippen LogP contribution in [0.3, 0.4) is 0 Å². The second-order valence-corrected chi connectivity index (χ2v) is 11.6. The molecule has 1 aliphatic heterocycles. The molecule has 0 unspecified atom stereocenters. The molecule has 190 valence electrons. The normalized spacial score (nSPS) is 14.1. The molecule has 0 radical (unpaired) electrons. The molecule has 0 fully saturated rings. The van der Waals surface area contributed by atoms with Gasteiger partial charge >= 0.3 is 0 Å². The predicted molar refractivity (Wildman–Crippen MR) is 142 cm³/mol. The highest BCUT2D eigenvalue weighted by atomic mass is 32.2. The lowest BCUT2D eigenvalue weighted by molar-refractivity contribution is 0.0984. The molecule has 3 aromatic carbocycles. The Labute approximate surface area is 220 Å². The maximum atomic E-state index is 13.3. The molecule has 0 bridgehead atoms. The summed E-state index contributed by atoms with van der Waals surface area (Å²) in [4.78, 5) is 21.5. The van der Waals surface area contributed by atoms with Crippen molar-refractivity contribution in [2.24, 2.45) is 0 Å². The maximum absolute atomic E-state index is 13.3. The summed E-state index contributed by atoms with van der Waals surface area (Å²) in [6.07, 6.45) is 0.824. The molecule has 8 nitrogen and oxygen atoms in total. The highest BCUT2D eigenvalue weighted by molar-refractivity contribution is 7.99. The molecule has 2 heterocycles. The number of hydrogen-bond donors (Lipinski definition) is 1. The lowest BCUT2D eigenvalue weighted by Gasteiger charge is -2.22. The molecule has 1 atom stereocenters. The highest BCUT2D eigenvalue weighted by Crippen LogP contribution is 2.43. The summed E-state index contributed by atoms with van der Waals surface area (Å²) in [5.74, 6) is 0.472. The molecule has 10 heteroatoms. The first kappa shape index (κ1) is 25.2. The van der Waals surface area contributed by atoms with Crippen molar-refractivity contribution in [1.29, 1.82) is 0 Å². The van der Waals surface area contributed by atoms with Gasteiger partial charge in [-0.1, -0.05) is 53.7 Å². The fourth-order valence-corrected chi connectivity index (χ4v) is 6.42. The SMILES string of the molecule is CCCN1C(=O)c2ccccc2Sc2cc(-c3noc([C@H](C)NS(=O)(=O)c4ccc(C)cc4)n3)ccc21. The number of fused-ring (bicyclic) bond motifs is 2. The molecular weight excluding hydrogens is 508 g/mol. The van der Waals surface area contributed by atoms with Crippen LogP contribution in [0.25, 0.3) is 11.4 Å². The van der Waals surface area contributed by atoms with Crippen molar-refractivity contribution in [1.82, 2.24) is 14.9 Å². The van der Waals surface area contributed by atoms with E-state index in [9.17, 15) is 13.2 Å². The maximum Gasteiger partial charge on any atom is 0.259 e. The number of hydrogen-bond acceptors (Lipinski definition) is 7. The van der Waals surface area contributed by atoms with E-state index in [1.165, 1.54) is 11.8 Å². The zero-order valence-corrected chi connectivity index (χ0v) is 22.3. The van der Waals surface area contributed by atoms with Gasteiger partial charge in [0.05, 0.1) is 22.2 Å². The van der Waals surface area contributed by atoms with Gasteiger partial charge in [0.25, 0.3) is 5.91 Å². The quantitative estimate of drug-likeness (QED) is 0.329. The van der Waals surface area contributed by atoms with E-state index >= 15 is 0 Å². The van der Waals surface area contributed by atoms with Gasteiger partial charge in [0.2, 0.25) is 21.7 Å². The number of carbonyl (C=O) groups excluding carboxylic acids is 1. The fourth-order valence-electron chi connectivity index (χ4n) is 4.11. The molecule has 0 saturated carbocycles. The number of sulfonamides is 1. The van der Waals surface area contributed by atoms with Crippen LogP contribution in [-0.4, -0.2) is 31.0 Å². The summed E-state index contributed by atoms with van der Waals surface area (Å²) < 4.78 is 33.6. The van der Waals surface area contributed by atoms with E-state index in [0.29, 0.717) is 23.5 Å². The minimum absolute atomic E-state index is 0.0204. The van der Waals surface area contributed by atoms with Gasteiger partial charge in [-0.25, -0.2) is 8.42 Å². The number of carbonyl (C=O) groups is 1. The Morgan fingerprint density at radius 2 is 1.81 bits per heavy atom. The predicted octanol–water partition coefficient (Wildman–Crippen LogP) is 5.61. The van der Waals surface area contributed by atoms with Crippen LogP contribution in [-0.2, 0) is 10.0 Å². The van der Waals surface area contributed by atoms with Crippen molar-refractivity contribution in [2.75, 3.05) is 11.4 Å². The van der Waals surface area contributed by atoms with E-state index in [1.54, 1.807) is 31.2 Å². The van der Waals surface area contributed by atoms with Crippen molar-refractivity contribution >= 4 is 33.4 Å². The first-order chi connectivity index (χ1) is 17.8. The lowest BCUT2D eigenvalue weighted by Crippen LogP contribution is -2.31. The molecule has 4 aromatic rings. The van der Waals surface area contributed by atoms with Crippen LogP contribution >= 0.6 is 11.8 Å². The van der Waals surface area contributed by atoms with Crippen LogP contribution in [0.5, 0.6) is 0 Å². The van der Waals surface area contributed by atoms with Gasteiger partial charge in [-0.3, -0.25) is 4.79 Å². The van der Waals surface area contributed by atoms with E-state index in [0.717, 1.165) is 27.5 Å². The Bertz CT molecular complexity index is 1570. The average Bonchev–Trinajstić information content (AvgIpc) is 3.34. The van der Waals surface area contributed by atoms with Crippen LogP contribution in [0, 0.1) is 6.92 Å². The zero-order valence-electron chi connectivity index (χ0n) is 20.6. The molecule has 1 aromatic heterocycles. The lowest BCUT2D eigenvalue weighted by atomic mass is 10.1. The Morgan fingerprint density at radius 1 is 1.05 bits per heavy atom. The number of nitrogens with one attached hydrogen (secondary N) is 1. The average molecular weight is 535 g/mol. The van der Waals surface area contributed by atoms with Gasteiger partial charge in [0.15, 0.2) is 0 Å². The molecule has 1 N–H and O–H groups in total. The summed E-state index contributed by atoms with van der Waals surface area (Å²) in [7, 11) is -3.76. The molecule has 0 spiro atoms. The van der Waals surface area contributed by atoms with Gasteiger partial charge in [-0.2, -0.15) is 9.71 Å². The van der Waals surface area contributed by atoms with Crippen LogP contribution in [0.4, 0.5) is 5.69 Å². The van der Waals surface area contributed by atoms with E-state index in [-0.39, 0.29) is 16.7 Å². The fraction of sp³-hybridized carbons (Fsp3) is 0.222. The summed E-state index contributed by atoms with van der Waals surface area (Å²) in [5, 5.41) is 4.10. The second-order valence-electron chi connectivity index (χ2n) is 8.85. The number of rotatable bonds is 7. The van der Waals surface area contributed by atoms with Gasteiger partial charge < -0.3 is 9.42 Å². The van der Waals surface area contributed by atoms with Crippen molar-refractivity contribution in [3.63, 3.8) is 0 Å². The largest absolute Gasteiger partial charge is 0.337 e. The third kappa shape index (κ3) is 5.04. The van der Waals surface area contributed by atoms with Crippen LogP contribution in [0.1, 0.15) is 48.1 Å². The highest BCUT2D eigenvalue weighted by Gasteiger charge is 2.28. The van der Waals surface area contributed by atoms with Crippen molar-refractivity contribution in [2.45, 2.75) is 47.9 Å². The van der Waals surface area contributed by atoms with Crippen molar-refractivity contribution in [3.8, 4) is 11.4 Å².